The summed E-state index contributed by atoms with van der Waals surface area (Å²) in [5, 5.41) is 0. The number of esters is 2. The fraction of sp³-hybridized carbons (Fsp3) is 0.684. The maximum Gasteiger partial charge on any atom is 0.334 e. The second kappa shape index (κ2) is 4.94. The van der Waals surface area contributed by atoms with E-state index in [0.717, 1.165) is 18.4 Å². The maximum atomic E-state index is 12.2. The number of epoxide rings is 1. The first kappa shape index (κ1) is 15.9. The van der Waals surface area contributed by atoms with E-state index in [1.54, 1.807) is 0 Å². The van der Waals surface area contributed by atoms with Gasteiger partial charge in [0, 0.05) is 11.5 Å². The number of ether oxygens (including phenoxy) is 3. The van der Waals surface area contributed by atoms with Crippen LogP contribution in [-0.2, 0) is 23.8 Å². The third-order valence-corrected chi connectivity index (χ3v) is 6.14. The Morgan fingerprint density at radius 3 is 2.79 bits per heavy atom. The molecule has 2 aliphatic carbocycles. The largest absolute Gasteiger partial charge is 0.458 e. The molecule has 0 N–H and O–H groups in total. The van der Waals surface area contributed by atoms with E-state index < -0.39 is 5.60 Å². The number of rotatable bonds is 2. The molecule has 0 aromatic carbocycles. The highest BCUT2D eigenvalue weighted by Crippen LogP contribution is 2.62. The first-order valence-electron chi connectivity index (χ1n) is 8.73. The van der Waals surface area contributed by atoms with Gasteiger partial charge >= 0.3 is 11.9 Å². The molecule has 6 atom stereocenters. The smallest absolute Gasteiger partial charge is 0.334 e. The molecule has 3 fully saturated rings. The SMILES string of the molecule is C=C1C(=O)O[C@H]2[C@H]1CCC(C)=C1[C@@H](OC(=O)C(C)C)[C@H]3O[C@@]3(C)[C@@H]12. The number of carbonyl (C=O) groups is 2. The first-order valence-corrected chi connectivity index (χ1v) is 8.73. The molecule has 2 heterocycles. The topological polar surface area (TPSA) is 65.1 Å². The standard InChI is InChI=1S/C19H24O5/c1-8(2)17(20)23-15-12-9(3)6-7-11-10(4)18(21)22-14(11)13(12)19(5)16(15)24-19/h8,11,13-16H,4,6-7H2,1-3,5H3/t11-,13-,14-,15+,16+,19-/m0/s1. The minimum Gasteiger partial charge on any atom is -0.458 e. The molecule has 24 heavy (non-hydrogen) atoms. The highest BCUT2D eigenvalue weighted by Gasteiger charge is 2.74. The maximum absolute atomic E-state index is 12.2. The number of hydrogen-bond acceptors (Lipinski definition) is 5. The van der Waals surface area contributed by atoms with Gasteiger partial charge in [-0.3, -0.25) is 4.79 Å². The van der Waals surface area contributed by atoms with Crippen molar-refractivity contribution in [2.24, 2.45) is 17.8 Å². The van der Waals surface area contributed by atoms with Crippen LogP contribution >= 0.6 is 0 Å². The Balaban J connectivity index is 1.73. The molecule has 0 radical (unpaired) electrons. The fourth-order valence-electron chi connectivity index (χ4n) is 4.69. The summed E-state index contributed by atoms with van der Waals surface area (Å²) in [6.45, 7) is 11.7. The zero-order valence-corrected chi connectivity index (χ0v) is 14.6. The average molecular weight is 332 g/mol. The van der Waals surface area contributed by atoms with Crippen LogP contribution in [-0.4, -0.2) is 35.9 Å². The molecule has 5 heteroatoms. The lowest BCUT2D eigenvalue weighted by atomic mass is 9.81. The lowest BCUT2D eigenvalue weighted by Gasteiger charge is -2.29. The third kappa shape index (κ3) is 1.97. The summed E-state index contributed by atoms with van der Waals surface area (Å²) in [5.74, 6) is -0.725. The lowest BCUT2D eigenvalue weighted by Crippen LogP contribution is -2.36. The summed E-state index contributed by atoms with van der Waals surface area (Å²) >= 11 is 0. The molecule has 0 unspecified atom stereocenters. The normalized spacial score (nSPS) is 43.1. The zero-order chi connectivity index (χ0) is 17.4. The highest BCUT2D eigenvalue weighted by molar-refractivity contribution is 5.91. The molecule has 0 spiro atoms. The number of allylic oxidation sites excluding steroid dienone is 1. The minimum absolute atomic E-state index is 0.0242. The van der Waals surface area contributed by atoms with E-state index in [-0.39, 0.29) is 48.0 Å². The van der Waals surface area contributed by atoms with Gasteiger partial charge in [-0.2, -0.15) is 0 Å². The molecule has 0 amide bonds. The number of fused-ring (bicyclic) bond motifs is 5. The Hall–Kier alpha value is -1.62. The Bertz CT molecular complexity index is 675. The molecule has 4 rings (SSSR count). The number of hydrogen-bond donors (Lipinski definition) is 0. The van der Waals surface area contributed by atoms with Crippen molar-refractivity contribution in [3.05, 3.63) is 23.3 Å². The monoisotopic (exact) mass is 332 g/mol. The molecule has 0 aromatic heterocycles. The van der Waals surface area contributed by atoms with E-state index in [2.05, 4.69) is 13.5 Å². The van der Waals surface area contributed by atoms with Gasteiger partial charge in [0.1, 0.15) is 17.8 Å². The minimum atomic E-state index is -0.420. The van der Waals surface area contributed by atoms with Gasteiger partial charge in [0.25, 0.3) is 0 Å². The quantitative estimate of drug-likeness (QED) is 0.336. The Labute approximate surface area is 142 Å². The van der Waals surface area contributed by atoms with E-state index in [1.165, 1.54) is 5.57 Å². The van der Waals surface area contributed by atoms with Crippen molar-refractivity contribution in [2.45, 2.75) is 64.4 Å². The van der Waals surface area contributed by atoms with Crippen LogP contribution < -0.4 is 0 Å². The summed E-state index contributed by atoms with van der Waals surface area (Å²) in [6, 6.07) is 0. The van der Waals surface area contributed by atoms with E-state index in [9.17, 15) is 9.59 Å². The van der Waals surface area contributed by atoms with Crippen LogP contribution in [0.3, 0.4) is 0 Å². The molecule has 1 saturated carbocycles. The van der Waals surface area contributed by atoms with Crippen molar-refractivity contribution < 1.29 is 23.8 Å². The Kier molecular flexibility index (Phi) is 3.27. The van der Waals surface area contributed by atoms with Crippen molar-refractivity contribution in [3.63, 3.8) is 0 Å². The highest BCUT2D eigenvalue weighted by atomic mass is 16.7. The summed E-state index contributed by atoms with van der Waals surface area (Å²) in [4.78, 5) is 24.2. The van der Waals surface area contributed by atoms with Crippen molar-refractivity contribution in [1.29, 1.82) is 0 Å². The van der Waals surface area contributed by atoms with Crippen LogP contribution in [0.4, 0.5) is 0 Å². The third-order valence-electron chi connectivity index (χ3n) is 6.14. The summed E-state index contributed by atoms with van der Waals surface area (Å²) in [7, 11) is 0. The zero-order valence-electron chi connectivity index (χ0n) is 14.6. The van der Waals surface area contributed by atoms with Crippen LogP contribution in [0.5, 0.6) is 0 Å². The van der Waals surface area contributed by atoms with Gasteiger partial charge in [0.05, 0.1) is 11.8 Å². The Morgan fingerprint density at radius 1 is 1.42 bits per heavy atom. The van der Waals surface area contributed by atoms with Gasteiger partial charge in [-0.1, -0.05) is 26.0 Å². The summed E-state index contributed by atoms with van der Waals surface area (Å²) in [5.41, 5.74) is 2.49. The first-order chi connectivity index (χ1) is 11.3. The molecule has 2 saturated heterocycles. The molecular formula is C19H24O5. The van der Waals surface area contributed by atoms with Crippen molar-refractivity contribution in [1.82, 2.24) is 0 Å². The van der Waals surface area contributed by atoms with Gasteiger partial charge in [-0.05, 0) is 32.3 Å². The average Bonchev–Trinajstić information content (AvgIpc) is 3.08. The molecule has 2 aliphatic heterocycles. The molecular weight excluding hydrogens is 308 g/mol. The van der Waals surface area contributed by atoms with Gasteiger partial charge in [-0.15, -0.1) is 0 Å². The van der Waals surface area contributed by atoms with Crippen LogP contribution in [0.1, 0.15) is 40.5 Å². The van der Waals surface area contributed by atoms with Gasteiger partial charge in [0.15, 0.2) is 6.10 Å². The summed E-state index contributed by atoms with van der Waals surface area (Å²) < 4.78 is 17.4. The molecule has 5 nitrogen and oxygen atoms in total. The van der Waals surface area contributed by atoms with Crippen molar-refractivity contribution in [3.8, 4) is 0 Å². The fourth-order valence-corrected chi connectivity index (χ4v) is 4.69. The van der Waals surface area contributed by atoms with Crippen LogP contribution in [0.15, 0.2) is 23.3 Å². The molecule has 0 bridgehead atoms. The predicted molar refractivity (Wildman–Crippen MR) is 85.9 cm³/mol. The molecule has 4 aliphatic rings. The second-order valence-corrected chi connectivity index (χ2v) is 7.99. The van der Waals surface area contributed by atoms with E-state index in [4.69, 9.17) is 14.2 Å². The second-order valence-electron chi connectivity index (χ2n) is 7.99. The van der Waals surface area contributed by atoms with Crippen molar-refractivity contribution >= 4 is 11.9 Å². The Morgan fingerprint density at radius 2 is 2.12 bits per heavy atom. The predicted octanol–water partition coefficient (Wildman–Crippen LogP) is 2.55. The summed E-state index contributed by atoms with van der Waals surface area (Å²) in [6.07, 6.45) is 0.950. The molecule has 0 aromatic rings. The van der Waals surface area contributed by atoms with E-state index >= 15 is 0 Å². The van der Waals surface area contributed by atoms with Crippen molar-refractivity contribution in [2.75, 3.05) is 0 Å². The van der Waals surface area contributed by atoms with E-state index in [1.807, 2.05) is 20.8 Å². The lowest BCUT2D eigenvalue weighted by molar-refractivity contribution is -0.153. The van der Waals surface area contributed by atoms with Gasteiger partial charge in [0.2, 0.25) is 0 Å². The number of carbonyl (C=O) groups excluding carboxylic acids is 2. The van der Waals surface area contributed by atoms with Crippen LogP contribution in [0, 0.1) is 17.8 Å². The van der Waals surface area contributed by atoms with Gasteiger partial charge < -0.3 is 14.2 Å². The van der Waals surface area contributed by atoms with E-state index in [0.29, 0.717) is 5.57 Å². The van der Waals surface area contributed by atoms with Gasteiger partial charge in [-0.25, -0.2) is 4.79 Å². The molecule has 130 valence electrons. The van der Waals surface area contributed by atoms with Crippen LogP contribution in [0.2, 0.25) is 0 Å². The van der Waals surface area contributed by atoms with Crippen LogP contribution in [0.25, 0.3) is 0 Å².